The number of unbranched alkanes of at least 4 members (excludes halogenated alkanes) is 49. The summed E-state index contributed by atoms with van der Waals surface area (Å²) in [6, 6.07) is 0. The zero-order valence-electron chi connectivity index (χ0n) is 64.1. The zero-order chi connectivity index (χ0) is 69.7. The molecule has 560 valence electrons. The second-order valence-corrected chi connectivity index (χ2v) is 30.5. The van der Waals surface area contributed by atoms with Gasteiger partial charge in [-0.3, -0.25) is 14.2 Å². The summed E-state index contributed by atoms with van der Waals surface area (Å²) in [4.78, 5) is 38.2. The molecule has 0 aromatic carbocycles. The van der Waals surface area contributed by atoms with Gasteiger partial charge in [0.25, 0.3) is 7.82 Å². The van der Waals surface area contributed by atoms with Gasteiger partial charge in [-0.1, -0.05) is 401 Å². The number of rotatable bonds is 77. The summed E-state index contributed by atoms with van der Waals surface area (Å²) in [6.45, 7) is 4.17. The molecule has 2 atom stereocenters. The Labute approximate surface area is 596 Å². The fourth-order valence-corrected chi connectivity index (χ4v) is 12.9. The topological polar surface area (TPSA) is 111 Å². The number of carbonyl (C=O) groups excluding carboxylic acids is 2. The van der Waals surface area contributed by atoms with Gasteiger partial charge < -0.3 is 27.9 Å². The number of hydrogen-bond acceptors (Lipinski definition) is 8. The minimum absolute atomic E-state index is 0.0338. The normalized spacial score (nSPS) is 13.4. The summed E-state index contributed by atoms with van der Waals surface area (Å²) in [5, 5.41) is 0. The lowest BCUT2D eigenvalue weighted by Gasteiger charge is -2.28. The van der Waals surface area contributed by atoms with Crippen LogP contribution >= 0.6 is 7.82 Å². The summed E-state index contributed by atoms with van der Waals surface area (Å²) in [5.74, 6) is -0.827. The van der Waals surface area contributed by atoms with Crippen molar-refractivity contribution in [2.75, 3.05) is 47.5 Å². The Morgan fingerprint density at radius 3 is 0.885 bits per heavy atom. The van der Waals surface area contributed by atoms with E-state index in [4.69, 9.17) is 18.5 Å². The van der Waals surface area contributed by atoms with E-state index in [1.165, 1.54) is 276 Å². The average molecular weight is 1370 g/mol. The van der Waals surface area contributed by atoms with Crippen LogP contribution in [-0.2, 0) is 32.7 Å². The number of hydrogen-bond donors (Lipinski definition) is 0. The van der Waals surface area contributed by atoms with Crippen LogP contribution in [0.2, 0.25) is 0 Å². The minimum Gasteiger partial charge on any atom is -0.756 e. The molecule has 0 aliphatic carbocycles. The largest absolute Gasteiger partial charge is 0.756 e. The van der Waals surface area contributed by atoms with Gasteiger partial charge in [-0.25, -0.2) is 0 Å². The Kier molecular flexibility index (Phi) is 74.1. The highest BCUT2D eigenvalue weighted by Crippen LogP contribution is 2.38. The summed E-state index contributed by atoms with van der Waals surface area (Å²) in [7, 11) is 1.17. The van der Waals surface area contributed by atoms with E-state index in [0.717, 1.165) is 89.9 Å². The molecule has 96 heavy (non-hydrogen) atoms. The number of nitrogens with zero attached hydrogens (tertiary/aromatic N) is 1. The maximum Gasteiger partial charge on any atom is 0.306 e. The fraction of sp³-hybridized carbons (Fsp3) is 0.814. The Bertz CT molecular complexity index is 1900. The summed E-state index contributed by atoms with van der Waals surface area (Å²) < 4.78 is 34.4. The highest BCUT2D eigenvalue weighted by Gasteiger charge is 2.22. The lowest BCUT2D eigenvalue weighted by molar-refractivity contribution is -0.870. The molecule has 0 saturated carbocycles. The van der Waals surface area contributed by atoms with Gasteiger partial charge in [0.2, 0.25) is 0 Å². The van der Waals surface area contributed by atoms with Gasteiger partial charge in [-0.15, -0.1) is 0 Å². The third kappa shape index (κ3) is 80.2. The van der Waals surface area contributed by atoms with Crippen molar-refractivity contribution in [2.45, 2.75) is 405 Å². The van der Waals surface area contributed by atoms with Crippen molar-refractivity contribution in [3.05, 3.63) is 85.1 Å². The van der Waals surface area contributed by atoms with E-state index in [2.05, 4.69) is 98.9 Å². The molecule has 0 fully saturated rings. The molecule has 0 bridgehead atoms. The van der Waals surface area contributed by atoms with Crippen LogP contribution in [0.5, 0.6) is 0 Å². The maximum atomic E-state index is 12.9. The SMILES string of the molecule is CC/C=C\C/C=C\C/C=C\C/C=C\C/C=C\C/C=C\C/C=C\CCCCCCCCCCCC(=O)OC(COC(=O)CCCCCCCCCCCCCCCCCCCCCCCCCCCCCCCCCCCCCCCCCCC)COP(=O)([O-])OCC[N+](C)(C)C. The molecular weight excluding hydrogens is 1210 g/mol. The first-order chi connectivity index (χ1) is 47.0. The zero-order valence-corrected chi connectivity index (χ0v) is 65.0. The van der Waals surface area contributed by atoms with Crippen molar-refractivity contribution < 1.29 is 42.1 Å². The van der Waals surface area contributed by atoms with Gasteiger partial charge in [0.05, 0.1) is 27.7 Å². The first-order valence-corrected chi connectivity index (χ1v) is 42.8. The van der Waals surface area contributed by atoms with Gasteiger partial charge in [0.15, 0.2) is 6.10 Å². The van der Waals surface area contributed by atoms with E-state index in [1.54, 1.807) is 0 Å². The first kappa shape index (κ1) is 93.2. The van der Waals surface area contributed by atoms with Crippen molar-refractivity contribution >= 4 is 19.8 Å². The second kappa shape index (κ2) is 76.4. The lowest BCUT2D eigenvalue weighted by Crippen LogP contribution is -2.37. The van der Waals surface area contributed by atoms with Gasteiger partial charge in [-0.05, 0) is 70.6 Å². The van der Waals surface area contributed by atoms with E-state index in [-0.39, 0.29) is 32.0 Å². The molecule has 0 aromatic heterocycles. The highest BCUT2D eigenvalue weighted by atomic mass is 31.2. The van der Waals surface area contributed by atoms with Crippen molar-refractivity contribution in [1.82, 2.24) is 0 Å². The van der Waals surface area contributed by atoms with E-state index in [0.29, 0.717) is 17.4 Å². The van der Waals surface area contributed by atoms with Crippen LogP contribution < -0.4 is 4.89 Å². The number of ether oxygens (including phenoxy) is 2. The Balaban J connectivity index is 3.91. The molecule has 0 aliphatic heterocycles. The fourth-order valence-electron chi connectivity index (χ4n) is 12.2. The molecule has 0 heterocycles. The van der Waals surface area contributed by atoms with Crippen LogP contribution in [-0.4, -0.2) is 70.0 Å². The minimum atomic E-state index is -4.65. The van der Waals surface area contributed by atoms with E-state index in [1.807, 2.05) is 21.1 Å². The van der Waals surface area contributed by atoms with E-state index in [9.17, 15) is 19.0 Å². The van der Waals surface area contributed by atoms with Crippen LogP contribution in [0.15, 0.2) is 85.1 Å². The number of likely N-dealkylation sites (N-methyl/N-ethyl adjacent to an activating group) is 1. The average Bonchev–Trinajstić information content (AvgIpc) is 1.97. The van der Waals surface area contributed by atoms with Crippen LogP contribution in [0.4, 0.5) is 0 Å². The van der Waals surface area contributed by atoms with Crippen LogP contribution in [0, 0.1) is 0 Å². The van der Waals surface area contributed by atoms with Crippen molar-refractivity contribution in [1.29, 1.82) is 0 Å². The quantitative estimate of drug-likeness (QED) is 0.0195. The number of phosphoric acid groups is 1. The molecule has 0 radical (unpaired) electrons. The number of quaternary nitrogens is 1. The lowest BCUT2D eigenvalue weighted by atomic mass is 10.0. The summed E-state index contributed by atoms with van der Waals surface area (Å²) >= 11 is 0. The van der Waals surface area contributed by atoms with Crippen molar-refractivity contribution in [2.24, 2.45) is 0 Å². The Morgan fingerprint density at radius 2 is 0.594 bits per heavy atom. The Hall–Kier alpha value is -2.81. The van der Waals surface area contributed by atoms with Crippen molar-refractivity contribution in [3.63, 3.8) is 0 Å². The molecule has 0 aromatic rings. The van der Waals surface area contributed by atoms with Crippen molar-refractivity contribution in [3.8, 4) is 0 Å². The number of allylic oxidation sites excluding steroid dienone is 14. The van der Waals surface area contributed by atoms with E-state index >= 15 is 0 Å². The van der Waals surface area contributed by atoms with Gasteiger partial charge in [-0.2, -0.15) is 0 Å². The molecular formula is C86H158NO8P. The second-order valence-electron chi connectivity index (χ2n) is 29.1. The smallest absolute Gasteiger partial charge is 0.306 e. The van der Waals surface area contributed by atoms with Gasteiger partial charge in [0.1, 0.15) is 19.8 Å². The molecule has 0 amide bonds. The summed E-state index contributed by atoms with van der Waals surface area (Å²) in [5.41, 5.74) is 0. The standard InChI is InChI=1S/C86H158NO8P/c1-6-8-10-12-14-16-18-20-22-24-26-28-30-32-34-36-38-39-40-41-42-43-44-45-46-47-49-50-52-54-56-58-60-62-64-66-68-70-72-74-76-78-85(88)92-82-84(83-94-96(90,91)93-81-80-87(3,4)5)95-86(89)79-77-75-73-71-69-67-65-63-61-59-57-55-53-51-48-37-35-33-31-29-27-25-23-21-19-17-15-13-11-9-7-2/h9,11,15,17,21,23,27,29,33,35,48,51,55,57,84H,6-8,10,12-14,16,18-20,22,24-26,28,30-32,34,36-47,49-50,52-54,56,58-83H2,1-5H3/b11-9-,17-15-,23-21-,29-27-,35-33-,51-48-,57-55-. The maximum absolute atomic E-state index is 12.9. The highest BCUT2D eigenvalue weighted by molar-refractivity contribution is 7.45. The van der Waals surface area contributed by atoms with E-state index < -0.39 is 26.5 Å². The molecule has 0 rings (SSSR count). The molecule has 0 N–H and O–H groups in total. The molecule has 0 saturated heterocycles. The first-order valence-electron chi connectivity index (χ1n) is 41.3. The summed E-state index contributed by atoms with van der Waals surface area (Å²) in [6.07, 6.45) is 106. The predicted molar refractivity (Wildman–Crippen MR) is 416 cm³/mol. The molecule has 0 aliphatic rings. The number of phosphoric ester groups is 1. The number of carbonyl (C=O) groups is 2. The monoisotopic (exact) mass is 1360 g/mol. The number of esters is 2. The third-order valence-electron chi connectivity index (χ3n) is 18.4. The van der Waals surface area contributed by atoms with Crippen LogP contribution in [0.3, 0.4) is 0 Å². The van der Waals surface area contributed by atoms with Gasteiger partial charge in [0, 0.05) is 12.8 Å². The Morgan fingerprint density at radius 1 is 0.333 bits per heavy atom. The van der Waals surface area contributed by atoms with Crippen LogP contribution in [0.1, 0.15) is 399 Å². The molecule has 9 nitrogen and oxygen atoms in total. The predicted octanol–water partition coefficient (Wildman–Crippen LogP) is 27.0. The van der Waals surface area contributed by atoms with Gasteiger partial charge >= 0.3 is 11.9 Å². The van der Waals surface area contributed by atoms with Crippen LogP contribution in [0.25, 0.3) is 0 Å². The third-order valence-corrected chi connectivity index (χ3v) is 19.4. The molecule has 10 heteroatoms. The molecule has 2 unspecified atom stereocenters. The molecule has 0 spiro atoms.